The Morgan fingerprint density at radius 2 is 1.69 bits per heavy atom. The van der Waals surface area contributed by atoms with Gasteiger partial charge in [-0.3, -0.25) is 0 Å². The van der Waals surface area contributed by atoms with E-state index in [4.69, 9.17) is 34.8 Å². The Balaban J connectivity index is 2.40. The Kier molecular flexibility index (Phi) is 3.59. The van der Waals surface area contributed by atoms with Crippen LogP contribution in [0.25, 0.3) is 11.3 Å². The first-order valence-corrected chi connectivity index (χ1v) is 5.66. The van der Waals surface area contributed by atoms with Gasteiger partial charge in [-0.05, 0) is 23.4 Å². The highest BCUT2D eigenvalue weighted by Crippen LogP contribution is 2.25. The molecule has 0 radical (unpaired) electrons. The third-order valence-electron chi connectivity index (χ3n) is 1.96. The second kappa shape index (κ2) is 4.95. The van der Waals surface area contributed by atoms with Crippen molar-refractivity contribution in [3.8, 4) is 11.3 Å². The Labute approximate surface area is 107 Å². The minimum atomic E-state index is -0.707. The van der Waals surface area contributed by atoms with Gasteiger partial charge in [0.15, 0.2) is 4.84 Å². The minimum Gasteiger partial charge on any atom is -0.132 e. The van der Waals surface area contributed by atoms with E-state index in [0.29, 0.717) is 16.4 Å². The van der Waals surface area contributed by atoms with Gasteiger partial charge in [0.2, 0.25) is 0 Å². The average Bonchev–Trinajstić information content (AvgIpc) is 2.30. The summed E-state index contributed by atoms with van der Waals surface area (Å²) in [6, 6.07) is 8.93. The topological polar surface area (TPSA) is 38.7 Å². The number of hydrogen-bond donors (Lipinski definition) is 0. The summed E-state index contributed by atoms with van der Waals surface area (Å²) in [5.74, 6) is 0. The summed E-state index contributed by atoms with van der Waals surface area (Å²) in [5.41, 5.74) is 2.02. The number of halogens is 3. The fourth-order valence-corrected chi connectivity index (χ4v) is 1.53. The lowest BCUT2D eigenvalue weighted by molar-refractivity contribution is 0.835. The van der Waals surface area contributed by atoms with E-state index < -0.39 is 4.84 Å². The van der Waals surface area contributed by atoms with E-state index in [2.05, 4.69) is 15.4 Å². The van der Waals surface area contributed by atoms with Crippen LogP contribution in [0.5, 0.6) is 0 Å². The van der Waals surface area contributed by atoms with Crippen LogP contribution in [0.2, 0.25) is 5.02 Å². The number of alkyl halides is 2. The van der Waals surface area contributed by atoms with Crippen LogP contribution in [0.1, 0.15) is 10.5 Å². The van der Waals surface area contributed by atoms with E-state index >= 15 is 0 Å². The van der Waals surface area contributed by atoms with Crippen LogP contribution in [0.3, 0.4) is 0 Å². The summed E-state index contributed by atoms with van der Waals surface area (Å²) in [7, 11) is 0. The highest BCUT2D eigenvalue weighted by Gasteiger charge is 2.08. The van der Waals surface area contributed by atoms with Gasteiger partial charge in [-0.25, -0.2) is 0 Å². The molecule has 0 spiro atoms. The molecular formula is C10H6Cl3N3. The molecule has 0 aliphatic heterocycles. The molecule has 0 bridgehead atoms. The lowest BCUT2D eigenvalue weighted by atomic mass is 10.1. The van der Waals surface area contributed by atoms with Crippen LogP contribution in [-0.2, 0) is 0 Å². The standard InChI is InChI=1S/C10H6Cl3N3/c11-7-3-1-6(2-4-7)8-5-9(10(12)13)15-16-14-8/h1-5,10H. The zero-order valence-electron chi connectivity index (χ0n) is 7.94. The second-order valence-electron chi connectivity index (χ2n) is 3.05. The molecule has 6 heteroatoms. The average molecular weight is 275 g/mol. The Hall–Kier alpha value is -0.900. The van der Waals surface area contributed by atoms with Crippen molar-refractivity contribution < 1.29 is 0 Å². The van der Waals surface area contributed by atoms with E-state index in [1.54, 1.807) is 18.2 Å². The van der Waals surface area contributed by atoms with Crippen LogP contribution in [0, 0.1) is 0 Å². The summed E-state index contributed by atoms with van der Waals surface area (Å²) in [6.07, 6.45) is 0. The Morgan fingerprint density at radius 1 is 1.00 bits per heavy atom. The number of nitrogens with zero attached hydrogens (tertiary/aromatic N) is 3. The molecule has 1 aromatic heterocycles. The molecule has 0 unspecified atom stereocenters. The lowest BCUT2D eigenvalue weighted by Gasteiger charge is -2.02. The van der Waals surface area contributed by atoms with Crippen molar-refractivity contribution in [2.24, 2.45) is 0 Å². The normalized spacial score (nSPS) is 10.8. The van der Waals surface area contributed by atoms with E-state index in [9.17, 15) is 0 Å². The van der Waals surface area contributed by atoms with Gasteiger partial charge in [0.25, 0.3) is 0 Å². The predicted molar refractivity (Wildman–Crippen MR) is 64.7 cm³/mol. The maximum absolute atomic E-state index is 5.79. The van der Waals surface area contributed by atoms with Crippen molar-refractivity contribution in [2.45, 2.75) is 4.84 Å². The summed E-state index contributed by atoms with van der Waals surface area (Å²) < 4.78 is 0. The van der Waals surface area contributed by atoms with Gasteiger partial charge in [-0.15, -0.1) is 10.2 Å². The second-order valence-corrected chi connectivity index (χ2v) is 4.58. The maximum atomic E-state index is 5.79. The molecule has 2 rings (SSSR count). The molecule has 0 fully saturated rings. The van der Waals surface area contributed by atoms with E-state index in [1.807, 2.05) is 12.1 Å². The smallest absolute Gasteiger partial charge is 0.132 e. The zero-order valence-corrected chi connectivity index (χ0v) is 10.2. The molecule has 16 heavy (non-hydrogen) atoms. The first kappa shape index (κ1) is 11.6. The first-order chi connectivity index (χ1) is 7.66. The van der Waals surface area contributed by atoms with Gasteiger partial charge in [-0.2, -0.15) is 0 Å². The van der Waals surface area contributed by atoms with Crippen LogP contribution in [-0.4, -0.2) is 15.4 Å². The molecule has 2 aromatic rings. The van der Waals surface area contributed by atoms with Crippen LogP contribution in [0.15, 0.2) is 30.3 Å². The predicted octanol–water partition coefficient (Wildman–Crippen LogP) is 3.67. The summed E-state index contributed by atoms with van der Waals surface area (Å²) in [6.45, 7) is 0. The van der Waals surface area contributed by atoms with E-state index in [-0.39, 0.29) is 0 Å². The van der Waals surface area contributed by atoms with Gasteiger partial charge in [0.1, 0.15) is 0 Å². The van der Waals surface area contributed by atoms with Gasteiger partial charge in [-0.1, -0.05) is 46.9 Å². The Morgan fingerprint density at radius 3 is 2.31 bits per heavy atom. The van der Waals surface area contributed by atoms with Gasteiger partial charge in [0, 0.05) is 10.6 Å². The fourth-order valence-electron chi connectivity index (χ4n) is 1.19. The van der Waals surface area contributed by atoms with Crippen LogP contribution >= 0.6 is 34.8 Å². The largest absolute Gasteiger partial charge is 0.151 e. The van der Waals surface area contributed by atoms with Crippen molar-refractivity contribution in [3.05, 3.63) is 41.0 Å². The highest BCUT2D eigenvalue weighted by molar-refractivity contribution is 6.43. The van der Waals surface area contributed by atoms with E-state index in [0.717, 1.165) is 5.56 Å². The monoisotopic (exact) mass is 273 g/mol. The van der Waals surface area contributed by atoms with Crippen LogP contribution in [0.4, 0.5) is 0 Å². The fraction of sp³-hybridized carbons (Fsp3) is 0.100. The van der Waals surface area contributed by atoms with Crippen molar-refractivity contribution in [3.63, 3.8) is 0 Å². The van der Waals surface area contributed by atoms with Crippen molar-refractivity contribution in [1.29, 1.82) is 0 Å². The molecule has 0 atom stereocenters. The molecule has 82 valence electrons. The van der Waals surface area contributed by atoms with E-state index in [1.165, 1.54) is 0 Å². The third kappa shape index (κ3) is 2.61. The summed E-state index contributed by atoms with van der Waals surface area (Å²) in [5, 5.41) is 11.9. The number of hydrogen-bond acceptors (Lipinski definition) is 3. The molecular weight excluding hydrogens is 268 g/mol. The highest BCUT2D eigenvalue weighted by atomic mass is 35.5. The maximum Gasteiger partial charge on any atom is 0.151 e. The summed E-state index contributed by atoms with van der Waals surface area (Å²) >= 11 is 17.2. The first-order valence-electron chi connectivity index (χ1n) is 4.41. The Bertz CT molecular complexity index is 485. The molecule has 1 aromatic carbocycles. The van der Waals surface area contributed by atoms with Gasteiger partial charge in [0.05, 0.1) is 11.4 Å². The van der Waals surface area contributed by atoms with Crippen molar-refractivity contribution in [2.75, 3.05) is 0 Å². The molecule has 0 saturated heterocycles. The molecule has 0 aliphatic rings. The molecule has 0 aliphatic carbocycles. The minimum absolute atomic E-state index is 0.475. The van der Waals surface area contributed by atoms with Gasteiger partial charge < -0.3 is 0 Å². The SMILES string of the molecule is Clc1ccc(-c2cc(C(Cl)Cl)nnn2)cc1. The van der Waals surface area contributed by atoms with Crippen molar-refractivity contribution >= 4 is 34.8 Å². The molecule has 0 amide bonds. The number of rotatable bonds is 2. The van der Waals surface area contributed by atoms with Crippen LogP contribution < -0.4 is 0 Å². The summed E-state index contributed by atoms with van der Waals surface area (Å²) in [4.78, 5) is -0.707. The molecule has 1 heterocycles. The third-order valence-corrected chi connectivity index (χ3v) is 2.66. The van der Waals surface area contributed by atoms with Gasteiger partial charge >= 0.3 is 0 Å². The quantitative estimate of drug-likeness (QED) is 0.784. The molecule has 0 N–H and O–H groups in total. The lowest BCUT2D eigenvalue weighted by Crippen LogP contribution is -1.96. The molecule has 0 saturated carbocycles. The zero-order chi connectivity index (χ0) is 11.5. The number of aromatic nitrogens is 3. The van der Waals surface area contributed by atoms with Crippen molar-refractivity contribution in [1.82, 2.24) is 15.4 Å². The molecule has 3 nitrogen and oxygen atoms in total. The number of benzene rings is 1.